The second-order valence-electron chi connectivity index (χ2n) is 8.95. The van der Waals surface area contributed by atoms with E-state index in [0.29, 0.717) is 19.6 Å². The molecule has 4 aromatic carbocycles. The molecule has 0 fully saturated rings. The third-order valence-corrected chi connectivity index (χ3v) is 5.53. The van der Waals surface area contributed by atoms with Gasteiger partial charge in [-0.25, -0.2) is 4.79 Å². The van der Waals surface area contributed by atoms with Crippen LogP contribution < -0.4 is 0 Å². The molecule has 0 saturated carbocycles. The van der Waals surface area contributed by atoms with Crippen LogP contribution in [0.15, 0.2) is 133 Å². The standard InChI is InChI=1S/C16H14O2.C12H16O2.C9H8O/c17-16(12-11-14-7-3-1-4-8-14)18-13-15-9-5-2-6-10-15;1-2-10-14-12(13)9-8-11-6-4-3-5-7-11;10-8-4-7-9-5-2-1-3-6-9/h1-12H,13H2;3-7H,2,8-10H2,1H3;1-8H/b12-11+;;7-4+. The summed E-state index contributed by atoms with van der Waals surface area (Å²) in [5.41, 5.74) is 4.20. The molecular formula is C37H38O5. The third kappa shape index (κ3) is 16.2. The van der Waals surface area contributed by atoms with Crippen LogP contribution in [-0.2, 0) is 36.9 Å². The van der Waals surface area contributed by atoms with E-state index in [1.54, 1.807) is 12.2 Å². The van der Waals surface area contributed by atoms with Gasteiger partial charge in [-0.3, -0.25) is 9.59 Å². The van der Waals surface area contributed by atoms with Crippen molar-refractivity contribution in [2.24, 2.45) is 0 Å². The first-order valence-corrected chi connectivity index (χ1v) is 13.9. The number of benzene rings is 4. The summed E-state index contributed by atoms with van der Waals surface area (Å²) >= 11 is 0. The summed E-state index contributed by atoms with van der Waals surface area (Å²) in [4.78, 5) is 32.5. The van der Waals surface area contributed by atoms with Crippen LogP contribution in [0.1, 0.15) is 42.0 Å². The fraction of sp³-hybridized carbons (Fsp3) is 0.162. The van der Waals surface area contributed by atoms with Gasteiger partial charge in [-0.2, -0.15) is 0 Å². The fourth-order valence-electron chi connectivity index (χ4n) is 3.40. The van der Waals surface area contributed by atoms with E-state index in [0.717, 1.165) is 35.8 Å². The summed E-state index contributed by atoms with van der Waals surface area (Å²) in [5.74, 6) is -0.432. The van der Waals surface area contributed by atoms with Crippen molar-refractivity contribution in [2.45, 2.75) is 32.8 Å². The number of carbonyl (C=O) groups is 3. The first-order valence-electron chi connectivity index (χ1n) is 13.9. The second kappa shape index (κ2) is 21.8. The van der Waals surface area contributed by atoms with Gasteiger partial charge < -0.3 is 9.47 Å². The average molecular weight is 563 g/mol. The van der Waals surface area contributed by atoms with Gasteiger partial charge in [-0.1, -0.05) is 134 Å². The molecular weight excluding hydrogens is 524 g/mol. The SMILES string of the molecule is CCCOC(=O)CCc1ccccc1.O=C(/C=C/c1ccccc1)OCc1ccccc1.O=C/C=C/c1ccccc1. The molecule has 0 aromatic heterocycles. The number of hydrogen-bond donors (Lipinski definition) is 0. The molecule has 0 aliphatic carbocycles. The number of carbonyl (C=O) groups excluding carboxylic acids is 3. The fourth-order valence-corrected chi connectivity index (χ4v) is 3.40. The zero-order chi connectivity index (χ0) is 30.1. The first-order chi connectivity index (χ1) is 20.6. The Morgan fingerprint density at radius 1 is 0.643 bits per heavy atom. The minimum atomic E-state index is -0.331. The number of ether oxygens (including phenoxy) is 2. The molecule has 0 N–H and O–H groups in total. The molecule has 0 amide bonds. The van der Waals surface area contributed by atoms with Crippen LogP contribution in [0.2, 0.25) is 0 Å². The smallest absolute Gasteiger partial charge is 0.331 e. The minimum Gasteiger partial charge on any atom is -0.466 e. The van der Waals surface area contributed by atoms with Crippen molar-refractivity contribution < 1.29 is 23.9 Å². The minimum absolute atomic E-state index is 0.101. The molecule has 4 aromatic rings. The molecule has 5 heteroatoms. The van der Waals surface area contributed by atoms with Crippen LogP contribution in [0.5, 0.6) is 0 Å². The molecule has 216 valence electrons. The Bertz CT molecular complexity index is 1330. The molecule has 0 unspecified atom stereocenters. The van der Waals surface area contributed by atoms with Gasteiger partial charge in [0.25, 0.3) is 0 Å². The van der Waals surface area contributed by atoms with Gasteiger partial charge in [-0.05, 0) is 47.2 Å². The number of rotatable bonds is 11. The van der Waals surface area contributed by atoms with E-state index in [1.807, 2.05) is 128 Å². The van der Waals surface area contributed by atoms with E-state index in [1.165, 1.54) is 17.7 Å². The van der Waals surface area contributed by atoms with E-state index in [2.05, 4.69) is 0 Å². The highest BCUT2D eigenvalue weighted by molar-refractivity contribution is 5.87. The van der Waals surface area contributed by atoms with E-state index in [4.69, 9.17) is 9.47 Å². The number of aryl methyl sites for hydroxylation is 1. The van der Waals surface area contributed by atoms with Gasteiger partial charge in [0.15, 0.2) is 0 Å². The predicted molar refractivity (Wildman–Crippen MR) is 169 cm³/mol. The van der Waals surface area contributed by atoms with Crippen molar-refractivity contribution in [1.82, 2.24) is 0 Å². The lowest BCUT2D eigenvalue weighted by atomic mass is 10.1. The van der Waals surface area contributed by atoms with Gasteiger partial charge in [0.2, 0.25) is 0 Å². The lowest BCUT2D eigenvalue weighted by Gasteiger charge is -2.02. The monoisotopic (exact) mass is 562 g/mol. The van der Waals surface area contributed by atoms with Gasteiger partial charge in [0, 0.05) is 12.5 Å². The Kier molecular flexibility index (Phi) is 17.2. The zero-order valence-corrected chi connectivity index (χ0v) is 24.0. The van der Waals surface area contributed by atoms with Crippen molar-refractivity contribution in [3.63, 3.8) is 0 Å². The van der Waals surface area contributed by atoms with Crippen molar-refractivity contribution in [1.29, 1.82) is 0 Å². The third-order valence-electron chi connectivity index (χ3n) is 5.53. The van der Waals surface area contributed by atoms with Gasteiger partial charge >= 0.3 is 11.9 Å². The van der Waals surface area contributed by atoms with Crippen LogP contribution in [0.4, 0.5) is 0 Å². The molecule has 0 saturated heterocycles. The highest BCUT2D eigenvalue weighted by Gasteiger charge is 2.02. The Morgan fingerprint density at radius 2 is 1.14 bits per heavy atom. The lowest BCUT2D eigenvalue weighted by Crippen LogP contribution is -2.06. The summed E-state index contributed by atoms with van der Waals surface area (Å²) in [6.07, 6.45) is 9.34. The van der Waals surface area contributed by atoms with Crippen molar-refractivity contribution in [3.05, 3.63) is 156 Å². The maximum absolute atomic E-state index is 11.5. The summed E-state index contributed by atoms with van der Waals surface area (Å²) in [6.45, 7) is 2.83. The zero-order valence-electron chi connectivity index (χ0n) is 24.0. The van der Waals surface area contributed by atoms with E-state index >= 15 is 0 Å². The van der Waals surface area contributed by atoms with Gasteiger partial charge in [0.1, 0.15) is 12.9 Å². The number of hydrogen-bond acceptors (Lipinski definition) is 5. The van der Waals surface area contributed by atoms with Crippen LogP contribution in [0.25, 0.3) is 12.2 Å². The lowest BCUT2D eigenvalue weighted by molar-refractivity contribution is -0.143. The molecule has 0 aliphatic heterocycles. The summed E-state index contributed by atoms with van der Waals surface area (Å²) in [7, 11) is 0. The predicted octanol–water partition coefficient (Wildman–Crippen LogP) is 7.91. The second-order valence-corrected chi connectivity index (χ2v) is 8.95. The normalized spacial score (nSPS) is 10.1. The Labute approximate surface area is 249 Å². The van der Waals surface area contributed by atoms with Crippen molar-refractivity contribution in [3.8, 4) is 0 Å². The average Bonchev–Trinajstić information content (AvgIpc) is 3.06. The molecule has 0 aliphatic rings. The highest BCUT2D eigenvalue weighted by atomic mass is 16.5. The quantitative estimate of drug-likeness (QED) is 0.106. The molecule has 42 heavy (non-hydrogen) atoms. The highest BCUT2D eigenvalue weighted by Crippen LogP contribution is 2.05. The topological polar surface area (TPSA) is 69.7 Å². The molecule has 5 nitrogen and oxygen atoms in total. The van der Waals surface area contributed by atoms with E-state index in [9.17, 15) is 14.4 Å². The van der Waals surface area contributed by atoms with E-state index in [-0.39, 0.29) is 11.9 Å². The first kappa shape index (κ1) is 33.2. The number of allylic oxidation sites excluding steroid dienone is 1. The van der Waals surface area contributed by atoms with Crippen LogP contribution in [0.3, 0.4) is 0 Å². The maximum Gasteiger partial charge on any atom is 0.331 e. The van der Waals surface area contributed by atoms with E-state index < -0.39 is 0 Å². The maximum atomic E-state index is 11.5. The summed E-state index contributed by atoms with van der Waals surface area (Å²) < 4.78 is 10.1. The van der Waals surface area contributed by atoms with Crippen LogP contribution >= 0.6 is 0 Å². The van der Waals surface area contributed by atoms with Gasteiger partial charge in [0.05, 0.1) is 6.61 Å². The molecule has 0 spiro atoms. The van der Waals surface area contributed by atoms with Crippen molar-refractivity contribution in [2.75, 3.05) is 6.61 Å². The Hall–Kier alpha value is -5.03. The molecule has 4 rings (SSSR count). The molecule has 0 radical (unpaired) electrons. The number of aldehydes is 1. The molecule has 0 bridgehead atoms. The summed E-state index contributed by atoms with van der Waals surface area (Å²) in [5, 5.41) is 0. The molecule has 0 atom stereocenters. The number of esters is 2. The Morgan fingerprint density at radius 3 is 1.67 bits per heavy atom. The summed E-state index contributed by atoms with van der Waals surface area (Å²) in [6, 6.07) is 38.9. The van der Waals surface area contributed by atoms with Gasteiger partial charge in [-0.15, -0.1) is 0 Å². The Balaban J connectivity index is 0.000000230. The van der Waals surface area contributed by atoms with Crippen LogP contribution in [0, 0.1) is 0 Å². The van der Waals surface area contributed by atoms with Crippen molar-refractivity contribution >= 4 is 30.4 Å². The largest absolute Gasteiger partial charge is 0.466 e. The molecule has 0 heterocycles. The van der Waals surface area contributed by atoms with Crippen LogP contribution in [-0.4, -0.2) is 24.8 Å².